The van der Waals surface area contributed by atoms with Gasteiger partial charge in [-0.15, -0.1) is 0 Å². The minimum Gasteiger partial charge on any atom is -0.444 e. The third-order valence-corrected chi connectivity index (χ3v) is 7.44. The fraction of sp³-hybridized carbons (Fsp3) is 0.419. The molecule has 0 saturated carbocycles. The number of nitrogens with zero attached hydrogens (tertiary/aromatic N) is 8. The van der Waals surface area contributed by atoms with E-state index >= 15 is 0 Å². The lowest BCUT2D eigenvalue weighted by Crippen LogP contribution is -2.39. The number of anilines is 1. The van der Waals surface area contributed by atoms with Crippen LogP contribution < -0.4 is 4.90 Å². The molecule has 0 unspecified atom stereocenters. The van der Waals surface area contributed by atoms with Gasteiger partial charge in [-0.1, -0.05) is 12.1 Å². The van der Waals surface area contributed by atoms with Crippen LogP contribution in [0.1, 0.15) is 38.4 Å². The van der Waals surface area contributed by atoms with E-state index in [1.165, 1.54) is 0 Å². The Morgan fingerprint density at radius 3 is 2.43 bits per heavy atom. The zero-order valence-electron chi connectivity index (χ0n) is 24.8. The first-order valence-corrected chi connectivity index (χ1v) is 14.3. The van der Waals surface area contributed by atoms with Gasteiger partial charge in [0, 0.05) is 51.2 Å². The van der Waals surface area contributed by atoms with Crippen molar-refractivity contribution in [3.63, 3.8) is 0 Å². The van der Waals surface area contributed by atoms with Gasteiger partial charge in [-0.05, 0) is 63.5 Å². The SMILES string of the molecule is Cc1ccc(-c2nc(N3CCOCC3)c3nc(-c4ccncc4)n(C)c3n2)nc1C1=CCN(C(=O)OC(C)(C)C)CC1. The van der Waals surface area contributed by atoms with Crippen molar-refractivity contribution >= 4 is 28.6 Å². The van der Waals surface area contributed by atoms with E-state index in [0.717, 1.165) is 58.3 Å². The molecule has 1 amide bonds. The molecule has 0 atom stereocenters. The molecule has 2 aliphatic rings. The number of amides is 1. The second-order valence-electron chi connectivity index (χ2n) is 11.6. The molecule has 1 fully saturated rings. The Balaban J connectivity index is 1.39. The van der Waals surface area contributed by atoms with Crippen molar-refractivity contribution in [2.45, 2.75) is 39.7 Å². The Labute approximate surface area is 245 Å². The molecule has 0 spiro atoms. The minimum atomic E-state index is -0.526. The monoisotopic (exact) mass is 568 g/mol. The standard InChI is InChI=1S/C31H36N8O3/c1-20-6-7-23(33-24(20)21-10-14-39(15-11-21)30(40)42-31(2,3)4)26-35-28-25(29(36-26)38-16-18-41-19-17-38)34-27(37(28)5)22-8-12-32-13-9-22/h6-10,12-13H,11,14-19H2,1-5H3. The van der Waals surface area contributed by atoms with Crippen LogP contribution in [0.2, 0.25) is 0 Å². The summed E-state index contributed by atoms with van der Waals surface area (Å²) in [4.78, 5) is 40.8. The van der Waals surface area contributed by atoms with E-state index in [1.54, 1.807) is 17.3 Å². The molecule has 6 heterocycles. The van der Waals surface area contributed by atoms with Crippen LogP contribution in [-0.2, 0) is 16.5 Å². The van der Waals surface area contributed by atoms with E-state index in [-0.39, 0.29) is 6.09 Å². The van der Waals surface area contributed by atoms with Gasteiger partial charge < -0.3 is 23.8 Å². The summed E-state index contributed by atoms with van der Waals surface area (Å²) in [7, 11) is 1.97. The largest absolute Gasteiger partial charge is 0.444 e. The zero-order chi connectivity index (χ0) is 29.4. The molecule has 11 heteroatoms. The van der Waals surface area contributed by atoms with Gasteiger partial charge >= 0.3 is 6.09 Å². The highest BCUT2D eigenvalue weighted by atomic mass is 16.6. The number of rotatable bonds is 4. The highest BCUT2D eigenvalue weighted by molar-refractivity contribution is 5.88. The van der Waals surface area contributed by atoms with E-state index in [9.17, 15) is 4.79 Å². The number of hydrogen-bond acceptors (Lipinski definition) is 9. The summed E-state index contributed by atoms with van der Waals surface area (Å²) in [5.41, 5.74) is 5.67. The average molecular weight is 569 g/mol. The van der Waals surface area contributed by atoms with Gasteiger partial charge in [0.05, 0.1) is 18.9 Å². The molecule has 4 aromatic rings. The van der Waals surface area contributed by atoms with Crippen LogP contribution >= 0.6 is 0 Å². The van der Waals surface area contributed by atoms with Crippen LogP contribution in [0.4, 0.5) is 10.6 Å². The van der Waals surface area contributed by atoms with Gasteiger partial charge in [-0.2, -0.15) is 0 Å². The van der Waals surface area contributed by atoms with Crippen molar-refractivity contribution in [2.24, 2.45) is 7.05 Å². The lowest BCUT2D eigenvalue weighted by atomic mass is 10.0. The maximum atomic E-state index is 12.6. The van der Waals surface area contributed by atoms with E-state index in [4.69, 9.17) is 29.4 Å². The van der Waals surface area contributed by atoms with Crippen LogP contribution in [0.25, 0.3) is 39.6 Å². The number of carbonyl (C=O) groups excluding carboxylic acids is 1. The van der Waals surface area contributed by atoms with Crippen molar-refractivity contribution < 1.29 is 14.3 Å². The van der Waals surface area contributed by atoms with Gasteiger partial charge in [-0.3, -0.25) is 4.98 Å². The Kier molecular flexibility index (Phi) is 7.36. The highest BCUT2D eigenvalue weighted by Gasteiger charge is 2.26. The van der Waals surface area contributed by atoms with Gasteiger partial charge in [0.2, 0.25) is 0 Å². The van der Waals surface area contributed by atoms with Crippen molar-refractivity contribution in [1.29, 1.82) is 0 Å². The van der Waals surface area contributed by atoms with Crippen LogP contribution in [-0.4, -0.2) is 85.5 Å². The summed E-state index contributed by atoms with van der Waals surface area (Å²) >= 11 is 0. The molecule has 4 aromatic heterocycles. The van der Waals surface area contributed by atoms with Crippen LogP contribution in [0.5, 0.6) is 0 Å². The first-order chi connectivity index (χ1) is 20.2. The number of ether oxygens (including phenoxy) is 2. The summed E-state index contributed by atoms with van der Waals surface area (Å²) < 4.78 is 13.2. The Morgan fingerprint density at radius 2 is 1.74 bits per heavy atom. The first kappa shape index (κ1) is 27.8. The molecule has 42 heavy (non-hydrogen) atoms. The van der Waals surface area contributed by atoms with Crippen molar-refractivity contribution in [1.82, 2.24) is 34.4 Å². The number of morpholine rings is 1. The van der Waals surface area contributed by atoms with E-state index in [2.05, 4.69) is 29.0 Å². The molecular weight excluding hydrogens is 532 g/mol. The fourth-order valence-corrected chi connectivity index (χ4v) is 5.27. The normalized spacial score (nSPS) is 16.1. The molecule has 2 aliphatic heterocycles. The number of aryl methyl sites for hydroxylation is 2. The number of aromatic nitrogens is 6. The molecule has 6 rings (SSSR count). The second-order valence-corrected chi connectivity index (χ2v) is 11.6. The lowest BCUT2D eigenvalue weighted by Gasteiger charge is -2.29. The number of fused-ring (bicyclic) bond motifs is 1. The molecule has 11 nitrogen and oxygen atoms in total. The Morgan fingerprint density at radius 1 is 0.976 bits per heavy atom. The number of hydrogen-bond donors (Lipinski definition) is 0. The topological polar surface area (TPSA) is 111 Å². The van der Waals surface area contributed by atoms with Crippen molar-refractivity contribution in [3.8, 4) is 22.9 Å². The summed E-state index contributed by atoms with van der Waals surface area (Å²) in [6.45, 7) is 11.4. The van der Waals surface area contributed by atoms with Gasteiger partial charge in [0.1, 0.15) is 17.1 Å². The highest BCUT2D eigenvalue weighted by Crippen LogP contribution is 2.32. The minimum absolute atomic E-state index is 0.295. The van der Waals surface area contributed by atoms with Gasteiger partial charge in [0.15, 0.2) is 22.8 Å². The van der Waals surface area contributed by atoms with E-state index < -0.39 is 5.60 Å². The number of imidazole rings is 1. The number of pyridine rings is 2. The van der Waals surface area contributed by atoms with Crippen LogP contribution in [0.3, 0.4) is 0 Å². The molecule has 0 radical (unpaired) electrons. The molecule has 0 aromatic carbocycles. The third kappa shape index (κ3) is 5.56. The summed E-state index contributed by atoms with van der Waals surface area (Å²) in [5.74, 6) is 2.12. The molecule has 0 aliphatic carbocycles. The van der Waals surface area contributed by atoms with Crippen molar-refractivity contribution in [2.75, 3.05) is 44.3 Å². The maximum Gasteiger partial charge on any atom is 0.410 e. The fourth-order valence-electron chi connectivity index (χ4n) is 5.27. The molecular formula is C31H36N8O3. The van der Waals surface area contributed by atoms with Crippen LogP contribution in [0.15, 0.2) is 42.7 Å². The first-order valence-electron chi connectivity index (χ1n) is 14.3. The Hall–Kier alpha value is -4.38. The van der Waals surface area contributed by atoms with E-state index in [1.807, 2.05) is 50.6 Å². The van der Waals surface area contributed by atoms with Crippen LogP contribution in [0, 0.1) is 6.92 Å². The molecule has 0 bridgehead atoms. The summed E-state index contributed by atoms with van der Waals surface area (Å²) in [6.07, 6.45) is 5.98. The average Bonchev–Trinajstić information content (AvgIpc) is 3.33. The quantitative estimate of drug-likeness (QED) is 0.347. The summed E-state index contributed by atoms with van der Waals surface area (Å²) in [5, 5.41) is 0. The van der Waals surface area contributed by atoms with Crippen molar-refractivity contribution in [3.05, 3.63) is 54.0 Å². The van der Waals surface area contributed by atoms with Gasteiger partial charge in [0.25, 0.3) is 0 Å². The van der Waals surface area contributed by atoms with E-state index in [0.29, 0.717) is 44.2 Å². The summed E-state index contributed by atoms with van der Waals surface area (Å²) in [6, 6.07) is 7.92. The number of carbonyl (C=O) groups is 1. The molecule has 1 saturated heterocycles. The Bertz CT molecular complexity index is 1650. The smallest absolute Gasteiger partial charge is 0.410 e. The predicted octanol–water partition coefficient (Wildman–Crippen LogP) is 4.66. The zero-order valence-corrected chi connectivity index (χ0v) is 24.8. The molecule has 218 valence electrons. The lowest BCUT2D eigenvalue weighted by molar-refractivity contribution is 0.0270. The maximum absolute atomic E-state index is 12.6. The van der Waals surface area contributed by atoms with Gasteiger partial charge in [-0.25, -0.2) is 24.7 Å². The third-order valence-electron chi connectivity index (χ3n) is 7.44. The second kappa shape index (κ2) is 11.1. The predicted molar refractivity (Wildman–Crippen MR) is 161 cm³/mol. The molecule has 0 N–H and O–H groups in total.